The molecule has 194 valence electrons. The van der Waals surface area contributed by atoms with Gasteiger partial charge in [-0.2, -0.15) is 0 Å². The summed E-state index contributed by atoms with van der Waals surface area (Å²) in [7, 11) is 3.23. The number of benzene rings is 2. The number of methoxy groups -OCH3 is 2. The minimum absolute atomic E-state index is 0.0189. The summed E-state index contributed by atoms with van der Waals surface area (Å²) in [6, 6.07) is 11.1. The molecular weight excluding hydrogens is 454 g/mol. The van der Waals surface area contributed by atoms with Crippen LogP contribution in [0.15, 0.2) is 36.4 Å². The minimum Gasteiger partial charge on any atom is -0.493 e. The average molecular weight is 494 g/mol. The molecule has 2 aromatic rings. The molecule has 1 N–H and O–H groups in total. The number of ether oxygens (including phenoxy) is 2. The van der Waals surface area contributed by atoms with E-state index < -0.39 is 5.92 Å². The van der Waals surface area contributed by atoms with Crippen LogP contribution in [0.3, 0.4) is 0 Å². The molecule has 7 heteroatoms. The van der Waals surface area contributed by atoms with E-state index in [1.165, 1.54) is 12.8 Å². The molecule has 7 nitrogen and oxygen atoms in total. The third-order valence-corrected chi connectivity index (χ3v) is 7.53. The molecule has 2 aliphatic heterocycles. The number of hydrogen-bond donors (Lipinski definition) is 1. The van der Waals surface area contributed by atoms with Gasteiger partial charge in [0.2, 0.25) is 5.91 Å². The van der Waals surface area contributed by atoms with Crippen LogP contribution in [-0.2, 0) is 11.2 Å². The summed E-state index contributed by atoms with van der Waals surface area (Å²) in [5, 5.41) is 3.20. The van der Waals surface area contributed by atoms with Crippen molar-refractivity contribution in [2.75, 3.05) is 46.9 Å². The Bertz CT molecular complexity index is 1090. The summed E-state index contributed by atoms with van der Waals surface area (Å²) in [6.45, 7) is 8.64. The predicted octanol–water partition coefficient (Wildman–Crippen LogP) is 4.17. The monoisotopic (exact) mass is 493 g/mol. The van der Waals surface area contributed by atoms with Gasteiger partial charge in [0.15, 0.2) is 11.5 Å². The Morgan fingerprint density at radius 3 is 2.50 bits per heavy atom. The lowest BCUT2D eigenvalue weighted by Crippen LogP contribution is -2.50. The van der Waals surface area contributed by atoms with Crippen LogP contribution in [-0.4, -0.2) is 68.6 Å². The SMILES string of the molecule is CCCCN(CC)CCCNC(=O)[C@@H]1c2ccccc2C(=O)N2CCc3cc(OC)c(OC)cc3[C@H]12. The van der Waals surface area contributed by atoms with Gasteiger partial charge in [0, 0.05) is 18.7 Å². The van der Waals surface area contributed by atoms with Gasteiger partial charge in [-0.3, -0.25) is 9.59 Å². The Kier molecular flexibility index (Phi) is 8.52. The van der Waals surface area contributed by atoms with Gasteiger partial charge in [0.05, 0.1) is 26.2 Å². The number of carbonyl (C=O) groups excluding carboxylic acids is 2. The Hall–Kier alpha value is -3.06. The average Bonchev–Trinajstić information content (AvgIpc) is 2.91. The smallest absolute Gasteiger partial charge is 0.254 e. The van der Waals surface area contributed by atoms with E-state index in [0.717, 1.165) is 42.7 Å². The van der Waals surface area contributed by atoms with Crippen LogP contribution in [0.25, 0.3) is 0 Å². The van der Waals surface area contributed by atoms with Crippen LogP contribution in [0.1, 0.15) is 72.1 Å². The van der Waals surface area contributed by atoms with Crippen molar-refractivity contribution in [3.63, 3.8) is 0 Å². The van der Waals surface area contributed by atoms with E-state index in [4.69, 9.17) is 9.47 Å². The van der Waals surface area contributed by atoms with Gasteiger partial charge in [-0.25, -0.2) is 0 Å². The summed E-state index contributed by atoms with van der Waals surface area (Å²) in [5.41, 5.74) is 3.46. The first-order chi connectivity index (χ1) is 17.5. The highest BCUT2D eigenvalue weighted by molar-refractivity contribution is 6.01. The molecule has 2 amide bonds. The zero-order chi connectivity index (χ0) is 25.7. The second-order valence-corrected chi connectivity index (χ2v) is 9.60. The summed E-state index contributed by atoms with van der Waals surface area (Å²) in [6.07, 6.45) is 3.98. The Labute approximate surface area is 214 Å². The van der Waals surface area contributed by atoms with Gasteiger partial charge >= 0.3 is 0 Å². The highest BCUT2D eigenvalue weighted by atomic mass is 16.5. The molecule has 0 bridgehead atoms. The Morgan fingerprint density at radius 1 is 1.06 bits per heavy atom. The molecule has 0 radical (unpaired) electrons. The van der Waals surface area contributed by atoms with Crippen LogP contribution in [0, 0.1) is 0 Å². The highest BCUT2D eigenvalue weighted by Gasteiger charge is 2.46. The van der Waals surface area contributed by atoms with Gasteiger partial charge in [-0.05, 0) is 73.8 Å². The molecule has 2 aromatic carbocycles. The van der Waals surface area contributed by atoms with E-state index in [1.54, 1.807) is 14.2 Å². The lowest BCUT2D eigenvalue weighted by atomic mass is 9.75. The Balaban J connectivity index is 1.62. The molecule has 0 saturated carbocycles. The van der Waals surface area contributed by atoms with Crippen LogP contribution in [0.4, 0.5) is 0 Å². The quantitative estimate of drug-likeness (QED) is 0.476. The van der Waals surface area contributed by atoms with Crippen LogP contribution < -0.4 is 14.8 Å². The maximum absolute atomic E-state index is 13.8. The van der Waals surface area contributed by atoms with Crippen molar-refractivity contribution in [3.05, 3.63) is 58.7 Å². The molecule has 2 atom stereocenters. The zero-order valence-corrected chi connectivity index (χ0v) is 22.0. The fourth-order valence-corrected chi connectivity index (χ4v) is 5.57. The first-order valence-electron chi connectivity index (χ1n) is 13.2. The number of unbranched alkanes of at least 4 members (excludes halogenated alkanes) is 1. The molecule has 36 heavy (non-hydrogen) atoms. The van der Waals surface area contributed by atoms with Crippen LogP contribution in [0.5, 0.6) is 11.5 Å². The highest BCUT2D eigenvalue weighted by Crippen LogP contribution is 2.48. The van der Waals surface area contributed by atoms with Crippen molar-refractivity contribution < 1.29 is 19.1 Å². The van der Waals surface area contributed by atoms with E-state index >= 15 is 0 Å². The fourth-order valence-electron chi connectivity index (χ4n) is 5.57. The fraction of sp³-hybridized carbons (Fsp3) is 0.517. The molecule has 0 fully saturated rings. The van der Waals surface area contributed by atoms with Crippen molar-refractivity contribution >= 4 is 11.8 Å². The minimum atomic E-state index is -0.488. The number of nitrogens with one attached hydrogen (secondary N) is 1. The van der Waals surface area contributed by atoms with E-state index in [0.29, 0.717) is 36.6 Å². The lowest BCUT2D eigenvalue weighted by Gasteiger charge is -2.45. The first kappa shape index (κ1) is 26.0. The molecule has 0 spiro atoms. The largest absolute Gasteiger partial charge is 0.493 e. The molecule has 4 rings (SSSR count). The van der Waals surface area contributed by atoms with Gasteiger partial charge in [-0.1, -0.05) is 38.5 Å². The number of hydrogen-bond acceptors (Lipinski definition) is 5. The molecule has 0 aliphatic carbocycles. The van der Waals surface area contributed by atoms with E-state index in [2.05, 4.69) is 24.1 Å². The standard InChI is InChI=1S/C29H39N3O4/c1-5-7-15-31(6-2)16-10-14-30-28(33)26-21-11-8-9-12-22(21)29(34)32-17-13-20-18-24(35-3)25(36-4)19-23(20)27(26)32/h8-9,11-12,18-19,26-27H,5-7,10,13-17H2,1-4H3,(H,30,33)/t26-,27-/m1/s1. The van der Waals surface area contributed by atoms with Crippen LogP contribution >= 0.6 is 0 Å². The predicted molar refractivity (Wildman–Crippen MR) is 141 cm³/mol. The van der Waals surface area contributed by atoms with Crippen molar-refractivity contribution in [2.45, 2.75) is 51.5 Å². The number of rotatable bonds is 11. The number of fused-ring (bicyclic) bond motifs is 4. The zero-order valence-electron chi connectivity index (χ0n) is 22.0. The van der Waals surface area contributed by atoms with E-state index in [9.17, 15) is 9.59 Å². The van der Waals surface area contributed by atoms with Gasteiger partial charge in [0.25, 0.3) is 5.91 Å². The van der Waals surface area contributed by atoms with Crippen LogP contribution in [0.2, 0.25) is 0 Å². The Morgan fingerprint density at radius 2 is 1.78 bits per heavy atom. The topological polar surface area (TPSA) is 71.1 Å². The van der Waals surface area contributed by atoms with Gasteiger partial charge in [0.1, 0.15) is 0 Å². The van der Waals surface area contributed by atoms with Crippen molar-refractivity contribution in [2.24, 2.45) is 0 Å². The van der Waals surface area contributed by atoms with Crippen molar-refractivity contribution in [1.82, 2.24) is 15.1 Å². The van der Waals surface area contributed by atoms with E-state index in [-0.39, 0.29) is 17.9 Å². The van der Waals surface area contributed by atoms with Crippen molar-refractivity contribution in [1.29, 1.82) is 0 Å². The van der Waals surface area contributed by atoms with Gasteiger partial charge in [-0.15, -0.1) is 0 Å². The molecule has 2 heterocycles. The van der Waals surface area contributed by atoms with Crippen molar-refractivity contribution in [3.8, 4) is 11.5 Å². The third kappa shape index (κ3) is 5.07. The molecule has 0 unspecified atom stereocenters. The third-order valence-electron chi connectivity index (χ3n) is 7.53. The summed E-state index contributed by atoms with van der Waals surface area (Å²) in [5.74, 6) is 0.726. The normalized spacial score (nSPS) is 18.4. The maximum Gasteiger partial charge on any atom is 0.254 e. The summed E-state index contributed by atoms with van der Waals surface area (Å²) in [4.78, 5) is 31.6. The number of carbonyl (C=O) groups is 2. The second kappa shape index (κ2) is 11.8. The van der Waals surface area contributed by atoms with E-state index in [1.807, 2.05) is 41.3 Å². The summed E-state index contributed by atoms with van der Waals surface area (Å²) < 4.78 is 11.1. The lowest BCUT2D eigenvalue weighted by molar-refractivity contribution is -0.124. The first-order valence-corrected chi connectivity index (χ1v) is 13.2. The second-order valence-electron chi connectivity index (χ2n) is 9.60. The molecule has 0 saturated heterocycles. The molecule has 0 aromatic heterocycles. The number of nitrogens with zero attached hydrogens (tertiary/aromatic N) is 2. The molecule has 2 aliphatic rings. The number of amides is 2. The maximum atomic E-state index is 13.8. The van der Waals surface area contributed by atoms with Gasteiger partial charge < -0.3 is 24.6 Å². The summed E-state index contributed by atoms with van der Waals surface area (Å²) >= 11 is 0. The molecular formula is C29H39N3O4.